The summed E-state index contributed by atoms with van der Waals surface area (Å²) < 4.78 is 27.0. The van der Waals surface area contributed by atoms with Crippen LogP contribution in [0.4, 0.5) is 10.5 Å². The number of carboxylic acids is 1. The van der Waals surface area contributed by atoms with Gasteiger partial charge in [-0.1, -0.05) is 60.0 Å². The Kier molecular flexibility index (Phi) is 26.4. The number of rotatable bonds is 32. The molecule has 1 aliphatic carbocycles. The van der Waals surface area contributed by atoms with E-state index in [1.807, 2.05) is 78.7 Å². The number of anilines is 1. The van der Waals surface area contributed by atoms with Gasteiger partial charge in [0.2, 0.25) is 0 Å². The number of nitrogens with one attached hydrogen (secondary N) is 4. The number of thiocarbonyl (C=S) groups is 1. The molecule has 2 saturated heterocycles. The van der Waals surface area contributed by atoms with Crippen molar-refractivity contribution in [2.24, 2.45) is 9.98 Å². The van der Waals surface area contributed by atoms with Crippen LogP contribution in [-0.2, 0) is 28.6 Å². The molecule has 8 aromatic rings. The van der Waals surface area contributed by atoms with Gasteiger partial charge in [0.15, 0.2) is 28.0 Å². The molecule has 4 aromatic carbocycles. The van der Waals surface area contributed by atoms with Gasteiger partial charge in [-0.2, -0.15) is 11.8 Å². The lowest BCUT2D eigenvalue weighted by atomic mass is 9.90. The number of phenolic OH excluding ortho intramolecular Hbond substituents is 1. The van der Waals surface area contributed by atoms with Crippen molar-refractivity contribution >= 4 is 132 Å². The summed E-state index contributed by atoms with van der Waals surface area (Å²) in [6.07, 6.45) is 8.15. The Bertz CT molecular complexity index is 5280. The van der Waals surface area contributed by atoms with Crippen molar-refractivity contribution in [1.29, 1.82) is 0 Å². The second-order valence-corrected chi connectivity index (χ2v) is 33.1. The molecule has 9 heterocycles. The topological polar surface area (TPSA) is 318 Å². The van der Waals surface area contributed by atoms with Crippen molar-refractivity contribution in [1.82, 2.24) is 45.5 Å². The maximum Gasteiger partial charge on any atom is 0.336 e. The molecule has 0 bridgehead atoms. The summed E-state index contributed by atoms with van der Waals surface area (Å²) in [5, 5.41) is 54.5. The Morgan fingerprint density at radius 3 is 1.74 bits per heavy atom. The van der Waals surface area contributed by atoms with Crippen LogP contribution in [-0.4, -0.2) is 155 Å². The zero-order chi connectivity index (χ0) is 78.9. The number of Topliss-reactive ketones (excluding diaryl/α,β-unsaturated/α-hetero) is 3. The monoisotopic (exact) mass is 1630 g/mol. The molecule has 0 spiro atoms. The molecule has 14 rings (SSSR count). The summed E-state index contributed by atoms with van der Waals surface area (Å²) in [6.45, 7) is 15.2. The first-order chi connectivity index (χ1) is 54.0. The molecule has 584 valence electrons. The second kappa shape index (κ2) is 36.6. The van der Waals surface area contributed by atoms with E-state index in [1.54, 1.807) is 46.9 Å². The number of carbonyl (C=O) groups excluding carboxylic acids is 4. The Morgan fingerprint density at radius 1 is 0.616 bits per heavy atom. The SMILES string of the molecule is Cc1sc2c(c1C)C(c1ccc(Cl)cc1)=N[C@H](CC(=O)CCCCOCCOCCOCCCCC(=O)CCCC[C@H]1SC[C@H]3NC(=O)N[C@H]31)c1nnc(C)n1-2.Cc1sc2c(c1C)C(c1ccc(Cl)cc1)=N[C@H](CC(=O)CNC(=S)Nc1ccc(-c3c4ccc(=O)cc-4oc4cc(O)ccc34)c(C(=O)O)c1)c1nnc(C)n1-2. The largest absolute Gasteiger partial charge is 0.508 e. The van der Waals surface area contributed by atoms with E-state index in [9.17, 15) is 39.0 Å². The molecule has 4 aromatic heterocycles. The summed E-state index contributed by atoms with van der Waals surface area (Å²) in [7, 11) is 0. The van der Waals surface area contributed by atoms with Crippen molar-refractivity contribution in [3.05, 3.63) is 195 Å². The molecule has 2 fully saturated rings. The van der Waals surface area contributed by atoms with Gasteiger partial charge in [0.25, 0.3) is 0 Å². The number of hydrogen-bond acceptors (Lipinski definition) is 21. The first-order valence-electron chi connectivity index (χ1n) is 37.4. The predicted molar refractivity (Wildman–Crippen MR) is 442 cm³/mol. The fraction of sp³-hybridized carbons (Fsp3) is 0.378. The summed E-state index contributed by atoms with van der Waals surface area (Å²) in [5.41, 5.74) is 9.37. The number of carbonyl (C=O) groups is 5. The van der Waals surface area contributed by atoms with Crippen LogP contribution in [0.25, 0.3) is 43.4 Å². The first kappa shape index (κ1) is 80.7. The second-order valence-electron chi connectivity index (χ2n) is 28.1. The third kappa shape index (κ3) is 18.8. The normalized spacial score (nSPS) is 16.7. The van der Waals surface area contributed by atoms with Gasteiger partial charge in [-0.3, -0.25) is 38.3 Å². The lowest BCUT2D eigenvalue weighted by Gasteiger charge is -2.18. The molecule has 112 heavy (non-hydrogen) atoms. The van der Waals surface area contributed by atoms with E-state index in [4.69, 9.17) is 64.0 Å². The van der Waals surface area contributed by atoms with E-state index < -0.39 is 18.1 Å². The molecular formula is C82H86Cl2N12O12S4. The van der Waals surface area contributed by atoms with Gasteiger partial charge in [0.05, 0.1) is 62.0 Å². The minimum Gasteiger partial charge on any atom is -0.508 e. The number of aromatic carboxylic acids is 1. The van der Waals surface area contributed by atoms with E-state index in [0.717, 1.165) is 116 Å². The smallest absolute Gasteiger partial charge is 0.336 e. The molecular weight excluding hydrogens is 1540 g/mol. The summed E-state index contributed by atoms with van der Waals surface area (Å²) in [5.74, 6) is 2.94. The maximum atomic E-state index is 13.6. The highest BCUT2D eigenvalue weighted by atomic mass is 35.5. The van der Waals surface area contributed by atoms with E-state index in [1.165, 1.54) is 35.2 Å². The highest BCUT2D eigenvalue weighted by Crippen LogP contribution is 2.45. The maximum absolute atomic E-state index is 13.6. The van der Waals surface area contributed by atoms with E-state index in [-0.39, 0.29) is 82.3 Å². The molecule has 6 N–H and O–H groups in total. The first-order valence-corrected chi connectivity index (χ1v) is 41.2. The van der Waals surface area contributed by atoms with Crippen LogP contribution in [0.1, 0.15) is 166 Å². The number of ether oxygens (including phenoxy) is 3. The number of thiophene rings is 2. The molecule has 0 unspecified atom stereocenters. The summed E-state index contributed by atoms with van der Waals surface area (Å²) >= 11 is 23.2. The summed E-state index contributed by atoms with van der Waals surface area (Å²) in [4.78, 5) is 88.3. The molecule has 30 heteroatoms. The number of aromatic nitrogens is 6. The van der Waals surface area contributed by atoms with Crippen molar-refractivity contribution in [2.75, 3.05) is 57.3 Å². The number of fused-ring (bicyclic) bond motifs is 9. The van der Waals surface area contributed by atoms with Crippen molar-refractivity contribution in [3.63, 3.8) is 0 Å². The van der Waals surface area contributed by atoms with Crippen LogP contribution in [0.5, 0.6) is 5.75 Å². The van der Waals surface area contributed by atoms with Crippen LogP contribution in [0.15, 0.2) is 122 Å². The standard InChI is InChI=1S/C41H31ClN6O6S2.C41H55ClN6O6S2/c1-19-20(2)56-39-35(19)37(22-4-6-23(42)7-5-22)45-32(38-47-46-21(3)48(38)39)15-27(51)18-43-41(55)44-24-8-11-28(31(14-24)40(52)53)36-29-12-9-25(49)16-33(29)54-34-17-26(50)10-13-30(34)36;1-26-27(2)56-40-36(26)37(29-14-16-30(42)17-15-29)43-33(39-47-46-28(3)48(39)40)24-32(50)12-7-9-19-53-21-23-54-22-20-52-18-8-6-11-31(49)10-4-5-13-35-38-34(25-55-35)44-41(51)45-38/h4-14,16-17,32,49H,15,18H2,1-3H3,(H,52,53)(H2,43,44,55);14-17,33-35,38H,4-13,18-25H2,1-3H3,(H2,44,45,51)/t32-;33-,34-,35-,38-/m11/s1. The van der Waals surface area contributed by atoms with Gasteiger partial charge in [-0.05, 0) is 170 Å². The highest BCUT2D eigenvalue weighted by Gasteiger charge is 2.43. The number of phenols is 1. The van der Waals surface area contributed by atoms with E-state index >= 15 is 0 Å². The number of carboxylic acid groups (broad SMARTS) is 1. The highest BCUT2D eigenvalue weighted by molar-refractivity contribution is 8.00. The molecule has 24 nitrogen and oxygen atoms in total. The third-order valence-corrected chi connectivity index (χ3v) is 25.0. The van der Waals surface area contributed by atoms with Crippen molar-refractivity contribution in [2.45, 2.75) is 148 Å². The van der Waals surface area contributed by atoms with Crippen LogP contribution < -0.4 is 26.7 Å². The quantitative estimate of drug-likeness (QED) is 0.00987. The molecule has 5 aliphatic heterocycles. The number of halogens is 2. The number of amides is 2. The number of ketones is 3. The van der Waals surface area contributed by atoms with Crippen LogP contribution in [0, 0.1) is 41.5 Å². The number of unbranched alkanes of at least 4 members (excludes halogenated alkanes) is 3. The lowest BCUT2D eigenvalue weighted by Crippen LogP contribution is -2.36. The summed E-state index contributed by atoms with van der Waals surface area (Å²) in [6, 6.07) is 28.0. The minimum absolute atomic E-state index is 0.00650. The Labute approximate surface area is 674 Å². The van der Waals surface area contributed by atoms with Gasteiger partial charge < -0.3 is 50.1 Å². The minimum atomic E-state index is -1.20. The zero-order valence-electron chi connectivity index (χ0n) is 62.8. The molecule has 0 saturated carbocycles. The predicted octanol–water partition coefficient (Wildman–Crippen LogP) is 15.5. The Morgan fingerprint density at radius 2 is 1.16 bits per heavy atom. The van der Waals surface area contributed by atoms with Gasteiger partial charge >= 0.3 is 12.0 Å². The number of aryl methyl sites for hydroxylation is 4. The third-order valence-electron chi connectivity index (χ3n) is 20.3. The number of aliphatic imine (C=N–C) groups is 2. The van der Waals surface area contributed by atoms with E-state index in [0.29, 0.717) is 125 Å². The van der Waals surface area contributed by atoms with Crippen LogP contribution >= 0.6 is 69.9 Å². The van der Waals surface area contributed by atoms with Gasteiger partial charge in [-0.15, -0.1) is 43.1 Å². The average molecular weight is 1630 g/mol. The number of aromatic hydroxyl groups is 1. The number of thioether (sulfide) groups is 1. The fourth-order valence-corrected chi connectivity index (χ4v) is 18.8. The molecule has 2 amide bonds. The van der Waals surface area contributed by atoms with Crippen LogP contribution in [0.2, 0.25) is 10.0 Å². The Hall–Kier alpha value is -9.36. The fourth-order valence-electron chi connectivity index (χ4n) is 14.4. The number of hydrogen-bond donors (Lipinski definition) is 6. The Balaban J connectivity index is 0.000000196. The van der Waals surface area contributed by atoms with Gasteiger partial charge in [-0.25, -0.2) is 9.59 Å². The zero-order valence-corrected chi connectivity index (χ0v) is 67.6. The average Bonchev–Trinajstić information content (AvgIpc) is 1.26. The number of nitrogens with zero attached hydrogens (tertiary/aromatic N) is 8. The number of benzene rings is 5. The number of urea groups is 1. The lowest BCUT2D eigenvalue weighted by molar-refractivity contribution is -0.120. The van der Waals surface area contributed by atoms with Crippen molar-refractivity contribution in [3.8, 4) is 38.2 Å². The van der Waals surface area contributed by atoms with Gasteiger partial charge in [0, 0.05) is 133 Å². The van der Waals surface area contributed by atoms with Gasteiger partial charge in [0.1, 0.15) is 62.4 Å². The molecule has 5 atom stereocenters. The van der Waals surface area contributed by atoms with Crippen molar-refractivity contribution < 1.29 is 52.8 Å². The molecule has 0 radical (unpaired) electrons. The van der Waals surface area contributed by atoms with Crippen LogP contribution in [0.3, 0.4) is 0 Å². The van der Waals surface area contributed by atoms with E-state index in [2.05, 4.69) is 73.9 Å². The molecule has 6 aliphatic rings.